The van der Waals surface area contributed by atoms with Crippen LogP contribution in [-0.4, -0.2) is 51.6 Å². The molecule has 1 aliphatic rings. The Morgan fingerprint density at radius 1 is 1.30 bits per heavy atom. The van der Waals surface area contributed by atoms with E-state index in [9.17, 15) is 9.90 Å². The summed E-state index contributed by atoms with van der Waals surface area (Å²) in [4.78, 5) is 21.7. The van der Waals surface area contributed by atoms with Crippen LogP contribution in [0.15, 0.2) is 42.9 Å². The summed E-state index contributed by atoms with van der Waals surface area (Å²) in [5, 5.41) is 12.9. The first-order chi connectivity index (χ1) is 11.2. The van der Waals surface area contributed by atoms with Gasteiger partial charge in [0.1, 0.15) is 12.0 Å². The van der Waals surface area contributed by atoms with Crippen LogP contribution in [0.25, 0.3) is 0 Å². The Morgan fingerprint density at radius 3 is 2.91 bits per heavy atom. The smallest absolute Gasteiger partial charge is 0.270 e. The van der Waals surface area contributed by atoms with Crippen LogP contribution in [0.2, 0.25) is 0 Å². The van der Waals surface area contributed by atoms with Gasteiger partial charge in [-0.2, -0.15) is 0 Å². The number of carbonyl (C=O) groups is 1. The molecule has 120 valence electrons. The normalized spacial score (nSPS) is 15.7. The van der Waals surface area contributed by atoms with E-state index in [1.807, 2.05) is 6.07 Å². The molecule has 6 heteroatoms. The van der Waals surface area contributed by atoms with E-state index in [-0.39, 0.29) is 12.5 Å². The summed E-state index contributed by atoms with van der Waals surface area (Å²) in [6.45, 7) is 2.51. The van der Waals surface area contributed by atoms with Crippen LogP contribution < -0.4 is 5.32 Å². The Bertz CT molecular complexity index is 663. The minimum atomic E-state index is -0.606. The first-order valence-electron chi connectivity index (χ1n) is 7.74. The van der Waals surface area contributed by atoms with Gasteiger partial charge in [0.05, 0.1) is 6.10 Å². The predicted molar refractivity (Wildman–Crippen MR) is 85.8 cm³/mol. The second-order valence-corrected chi connectivity index (χ2v) is 5.71. The molecule has 0 saturated heterocycles. The standard InChI is InChI=1S/C17H20N4O2/c22-15(9-19-17(23)16-5-7-18-12-20-16)11-21-8-6-13-3-1-2-4-14(13)10-21/h1-5,7,12,15,22H,6,8-11H2,(H,19,23). The molecule has 0 spiro atoms. The van der Waals surface area contributed by atoms with Gasteiger partial charge in [0.25, 0.3) is 5.91 Å². The number of nitrogens with one attached hydrogen (secondary N) is 1. The van der Waals surface area contributed by atoms with Crippen molar-refractivity contribution >= 4 is 5.91 Å². The van der Waals surface area contributed by atoms with Gasteiger partial charge in [-0.05, 0) is 23.6 Å². The molecule has 2 heterocycles. The van der Waals surface area contributed by atoms with Crippen LogP contribution in [0.5, 0.6) is 0 Å². The summed E-state index contributed by atoms with van der Waals surface area (Å²) in [5.41, 5.74) is 3.00. The summed E-state index contributed by atoms with van der Waals surface area (Å²) >= 11 is 0. The van der Waals surface area contributed by atoms with E-state index < -0.39 is 6.10 Å². The number of β-amino-alcohol motifs (C(OH)–C–C–N with tert-alkyl or cyclic N) is 1. The van der Waals surface area contributed by atoms with Gasteiger partial charge in [0, 0.05) is 32.4 Å². The van der Waals surface area contributed by atoms with Gasteiger partial charge in [-0.3, -0.25) is 9.69 Å². The minimum absolute atomic E-state index is 0.209. The highest BCUT2D eigenvalue weighted by Crippen LogP contribution is 2.18. The lowest BCUT2D eigenvalue weighted by Gasteiger charge is -2.30. The molecule has 1 atom stereocenters. The fourth-order valence-corrected chi connectivity index (χ4v) is 2.80. The number of rotatable bonds is 5. The molecule has 1 aliphatic heterocycles. The summed E-state index contributed by atoms with van der Waals surface area (Å²) in [7, 11) is 0. The van der Waals surface area contributed by atoms with Crippen molar-refractivity contribution in [2.75, 3.05) is 19.6 Å². The Balaban J connectivity index is 1.47. The van der Waals surface area contributed by atoms with Crippen molar-refractivity contribution in [1.82, 2.24) is 20.2 Å². The third-order valence-corrected chi connectivity index (χ3v) is 3.99. The minimum Gasteiger partial charge on any atom is -0.390 e. The summed E-state index contributed by atoms with van der Waals surface area (Å²) in [6.07, 6.45) is 3.24. The lowest BCUT2D eigenvalue weighted by molar-refractivity contribution is 0.0838. The molecule has 3 rings (SSSR count). The molecule has 1 unspecified atom stereocenters. The number of benzene rings is 1. The number of amides is 1. The second kappa shape index (κ2) is 7.30. The number of carbonyl (C=O) groups excluding carboxylic acids is 1. The third-order valence-electron chi connectivity index (χ3n) is 3.99. The van der Waals surface area contributed by atoms with Crippen molar-refractivity contribution in [3.8, 4) is 0 Å². The maximum absolute atomic E-state index is 11.9. The zero-order valence-electron chi connectivity index (χ0n) is 12.9. The maximum Gasteiger partial charge on any atom is 0.270 e. The van der Waals surface area contributed by atoms with Crippen molar-refractivity contribution in [2.24, 2.45) is 0 Å². The number of aliphatic hydroxyl groups excluding tert-OH is 1. The van der Waals surface area contributed by atoms with Crippen LogP contribution in [-0.2, 0) is 13.0 Å². The van der Waals surface area contributed by atoms with Crippen molar-refractivity contribution in [3.05, 3.63) is 59.7 Å². The van der Waals surface area contributed by atoms with Crippen molar-refractivity contribution in [2.45, 2.75) is 19.1 Å². The van der Waals surface area contributed by atoms with Crippen molar-refractivity contribution < 1.29 is 9.90 Å². The van der Waals surface area contributed by atoms with Gasteiger partial charge >= 0.3 is 0 Å². The predicted octanol–water partition coefficient (Wildman–Crippen LogP) is 0.626. The van der Waals surface area contributed by atoms with Crippen LogP contribution in [0.4, 0.5) is 0 Å². The lowest BCUT2D eigenvalue weighted by atomic mass is 10.00. The molecule has 1 amide bonds. The number of aliphatic hydroxyl groups is 1. The van der Waals surface area contributed by atoms with Gasteiger partial charge in [-0.25, -0.2) is 9.97 Å². The molecular formula is C17H20N4O2. The largest absolute Gasteiger partial charge is 0.390 e. The molecule has 1 aromatic heterocycles. The van der Waals surface area contributed by atoms with Crippen LogP contribution in [0.1, 0.15) is 21.6 Å². The number of nitrogens with zero attached hydrogens (tertiary/aromatic N) is 3. The zero-order chi connectivity index (χ0) is 16.1. The van der Waals surface area contributed by atoms with Gasteiger partial charge in [-0.1, -0.05) is 24.3 Å². The van der Waals surface area contributed by atoms with E-state index in [0.29, 0.717) is 12.2 Å². The fraction of sp³-hybridized carbons (Fsp3) is 0.353. The fourth-order valence-electron chi connectivity index (χ4n) is 2.80. The van der Waals surface area contributed by atoms with Gasteiger partial charge in [0.2, 0.25) is 0 Å². The molecule has 0 radical (unpaired) electrons. The SMILES string of the molecule is O=C(NCC(O)CN1CCc2ccccc2C1)c1ccncn1. The molecule has 2 N–H and O–H groups in total. The number of hydrogen-bond acceptors (Lipinski definition) is 5. The van der Waals surface area contributed by atoms with E-state index in [0.717, 1.165) is 19.5 Å². The molecule has 2 aromatic rings. The van der Waals surface area contributed by atoms with E-state index in [1.54, 1.807) is 6.07 Å². The van der Waals surface area contributed by atoms with Crippen LogP contribution in [0.3, 0.4) is 0 Å². The molecule has 23 heavy (non-hydrogen) atoms. The van der Waals surface area contributed by atoms with Crippen LogP contribution >= 0.6 is 0 Å². The number of hydrogen-bond donors (Lipinski definition) is 2. The van der Waals surface area contributed by atoms with E-state index in [4.69, 9.17) is 0 Å². The van der Waals surface area contributed by atoms with E-state index in [2.05, 4.69) is 38.4 Å². The van der Waals surface area contributed by atoms with E-state index >= 15 is 0 Å². The summed E-state index contributed by atoms with van der Waals surface area (Å²) < 4.78 is 0. The number of aromatic nitrogens is 2. The average molecular weight is 312 g/mol. The highest BCUT2D eigenvalue weighted by atomic mass is 16.3. The molecule has 0 fully saturated rings. The maximum atomic E-state index is 11.9. The second-order valence-electron chi connectivity index (χ2n) is 5.71. The molecule has 0 aliphatic carbocycles. The first kappa shape index (κ1) is 15.6. The molecular weight excluding hydrogens is 292 g/mol. The Morgan fingerprint density at radius 2 is 2.13 bits per heavy atom. The quantitative estimate of drug-likeness (QED) is 0.846. The highest BCUT2D eigenvalue weighted by Gasteiger charge is 2.19. The Labute approximate surface area is 135 Å². The molecule has 6 nitrogen and oxygen atoms in total. The van der Waals surface area contributed by atoms with Crippen molar-refractivity contribution in [3.63, 3.8) is 0 Å². The highest BCUT2D eigenvalue weighted by molar-refractivity contribution is 5.92. The van der Waals surface area contributed by atoms with Crippen molar-refractivity contribution in [1.29, 1.82) is 0 Å². The van der Waals surface area contributed by atoms with Gasteiger partial charge in [0.15, 0.2) is 0 Å². The molecule has 1 aromatic carbocycles. The van der Waals surface area contributed by atoms with Crippen LogP contribution in [0, 0.1) is 0 Å². The molecule has 0 saturated carbocycles. The average Bonchev–Trinajstić information content (AvgIpc) is 2.60. The first-order valence-corrected chi connectivity index (χ1v) is 7.74. The van der Waals surface area contributed by atoms with E-state index in [1.165, 1.54) is 23.7 Å². The topological polar surface area (TPSA) is 78.4 Å². The number of fused-ring (bicyclic) bond motifs is 1. The Hall–Kier alpha value is -2.31. The monoisotopic (exact) mass is 312 g/mol. The van der Waals surface area contributed by atoms with Gasteiger partial charge < -0.3 is 10.4 Å². The Kier molecular flexibility index (Phi) is 4.95. The third kappa shape index (κ3) is 4.12. The lowest BCUT2D eigenvalue weighted by Crippen LogP contribution is -2.42. The van der Waals surface area contributed by atoms with Gasteiger partial charge in [-0.15, -0.1) is 0 Å². The summed E-state index contributed by atoms with van der Waals surface area (Å²) in [6, 6.07) is 9.94. The molecule has 0 bridgehead atoms. The summed E-state index contributed by atoms with van der Waals surface area (Å²) in [5.74, 6) is -0.296. The zero-order valence-corrected chi connectivity index (χ0v) is 12.9.